The zero-order chi connectivity index (χ0) is 14.7. The van der Waals surface area contributed by atoms with E-state index in [1.54, 1.807) is 0 Å². The average molecular weight is 287 g/mol. The van der Waals surface area contributed by atoms with E-state index in [0.29, 0.717) is 6.04 Å². The Kier molecular flexibility index (Phi) is 4.84. The van der Waals surface area contributed by atoms with Crippen LogP contribution in [0.1, 0.15) is 57.6 Å². The van der Waals surface area contributed by atoms with E-state index >= 15 is 0 Å². The standard InChI is InChI=1S/C19H29NO/c1-3-9-20-19(17-12-15-11-16(15)13-17)14-5-7-18(8-6-14)21-10-4-2/h5-8,15-17,19-20H,3-4,9-13H2,1-2H3. The van der Waals surface area contributed by atoms with Gasteiger partial charge in [-0.2, -0.15) is 0 Å². The van der Waals surface area contributed by atoms with E-state index in [1.165, 1.54) is 31.2 Å². The second-order valence-electron chi connectivity index (χ2n) is 6.84. The SMILES string of the molecule is CCCNC(c1ccc(OCCC)cc1)C1CC2CC2C1. The van der Waals surface area contributed by atoms with Crippen molar-refractivity contribution in [3.05, 3.63) is 29.8 Å². The Morgan fingerprint density at radius 2 is 1.76 bits per heavy atom. The van der Waals surface area contributed by atoms with Crippen LogP contribution in [0.4, 0.5) is 0 Å². The van der Waals surface area contributed by atoms with E-state index in [-0.39, 0.29) is 0 Å². The van der Waals surface area contributed by atoms with Gasteiger partial charge in [0.25, 0.3) is 0 Å². The second kappa shape index (κ2) is 6.83. The minimum Gasteiger partial charge on any atom is -0.494 e. The van der Waals surface area contributed by atoms with Crippen LogP contribution in [-0.2, 0) is 0 Å². The number of nitrogens with one attached hydrogen (secondary N) is 1. The molecule has 0 radical (unpaired) electrons. The number of fused-ring (bicyclic) bond motifs is 1. The lowest BCUT2D eigenvalue weighted by molar-refractivity contribution is 0.316. The van der Waals surface area contributed by atoms with E-state index in [4.69, 9.17) is 4.74 Å². The predicted octanol–water partition coefficient (Wildman–Crippen LogP) is 4.56. The van der Waals surface area contributed by atoms with Crippen LogP contribution in [0.3, 0.4) is 0 Å². The first-order chi connectivity index (χ1) is 10.3. The van der Waals surface area contributed by atoms with Gasteiger partial charge in [-0.3, -0.25) is 0 Å². The van der Waals surface area contributed by atoms with Crippen molar-refractivity contribution in [2.24, 2.45) is 17.8 Å². The summed E-state index contributed by atoms with van der Waals surface area (Å²) in [5.41, 5.74) is 1.44. The molecule has 3 unspecified atom stereocenters. The molecular formula is C19H29NO. The summed E-state index contributed by atoms with van der Waals surface area (Å²) < 4.78 is 5.70. The fourth-order valence-corrected chi connectivity index (χ4v) is 3.88. The predicted molar refractivity (Wildman–Crippen MR) is 87.6 cm³/mol. The summed E-state index contributed by atoms with van der Waals surface area (Å²) in [4.78, 5) is 0. The molecule has 0 saturated heterocycles. The van der Waals surface area contributed by atoms with Crippen molar-refractivity contribution in [1.29, 1.82) is 0 Å². The summed E-state index contributed by atoms with van der Waals surface area (Å²) in [5, 5.41) is 3.79. The molecule has 21 heavy (non-hydrogen) atoms. The van der Waals surface area contributed by atoms with Gasteiger partial charge in [-0.15, -0.1) is 0 Å². The van der Waals surface area contributed by atoms with Gasteiger partial charge in [0.2, 0.25) is 0 Å². The van der Waals surface area contributed by atoms with Gasteiger partial charge in [0, 0.05) is 6.04 Å². The first kappa shape index (κ1) is 14.9. The fraction of sp³-hybridized carbons (Fsp3) is 0.684. The molecule has 3 rings (SSSR count). The monoisotopic (exact) mass is 287 g/mol. The number of rotatable bonds is 8. The van der Waals surface area contributed by atoms with Gasteiger partial charge in [0.1, 0.15) is 5.75 Å². The Labute approximate surface area is 129 Å². The highest BCUT2D eigenvalue weighted by molar-refractivity contribution is 5.30. The maximum absolute atomic E-state index is 5.70. The molecule has 0 spiro atoms. The second-order valence-corrected chi connectivity index (χ2v) is 6.84. The average Bonchev–Trinajstić information content (AvgIpc) is 3.13. The minimum absolute atomic E-state index is 0.540. The van der Waals surface area contributed by atoms with Crippen LogP contribution in [0.25, 0.3) is 0 Å². The van der Waals surface area contributed by atoms with Crippen molar-refractivity contribution in [2.75, 3.05) is 13.2 Å². The molecule has 0 aromatic heterocycles. The zero-order valence-corrected chi connectivity index (χ0v) is 13.5. The Bertz CT molecular complexity index is 431. The third kappa shape index (κ3) is 3.60. The van der Waals surface area contributed by atoms with Gasteiger partial charge in [0.15, 0.2) is 0 Å². The molecule has 1 aromatic rings. The van der Waals surface area contributed by atoms with Crippen molar-refractivity contribution in [3.63, 3.8) is 0 Å². The maximum Gasteiger partial charge on any atom is 0.119 e. The zero-order valence-electron chi connectivity index (χ0n) is 13.5. The molecule has 2 nitrogen and oxygen atoms in total. The van der Waals surface area contributed by atoms with Crippen molar-refractivity contribution in [2.45, 2.75) is 52.0 Å². The largest absolute Gasteiger partial charge is 0.494 e. The lowest BCUT2D eigenvalue weighted by Crippen LogP contribution is -2.28. The highest BCUT2D eigenvalue weighted by Gasteiger charge is 2.47. The van der Waals surface area contributed by atoms with Crippen LogP contribution < -0.4 is 10.1 Å². The molecule has 3 atom stereocenters. The Hall–Kier alpha value is -1.02. The van der Waals surface area contributed by atoms with E-state index in [9.17, 15) is 0 Å². The highest BCUT2D eigenvalue weighted by atomic mass is 16.5. The first-order valence-electron chi connectivity index (χ1n) is 8.78. The van der Waals surface area contributed by atoms with Gasteiger partial charge < -0.3 is 10.1 Å². The van der Waals surface area contributed by atoms with Crippen molar-refractivity contribution < 1.29 is 4.74 Å². The van der Waals surface area contributed by atoms with Crippen LogP contribution in [0.5, 0.6) is 5.75 Å². The molecule has 0 heterocycles. The Morgan fingerprint density at radius 3 is 2.38 bits per heavy atom. The number of benzene rings is 1. The molecule has 2 heteroatoms. The van der Waals surface area contributed by atoms with Crippen molar-refractivity contribution in [1.82, 2.24) is 5.32 Å². The lowest BCUT2D eigenvalue weighted by Gasteiger charge is -2.26. The molecule has 0 amide bonds. The van der Waals surface area contributed by atoms with Gasteiger partial charge in [0.05, 0.1) is 6.61 Å². The van der Waals surface area contributed by atoms with Crippen molar-refractivity contribution in [3.8, 4) is 5.75 Å². The molecule has 2 aliphatic rings. The van der Waals surface area contributed by atoms with Gasteiger partial charge in [-0.25, -0.2) is 0 Å². The quantitative estimate of drug-likeness (QED) is 0.756. The number of ether oxygens (including phenoxy) is 1. The minimum atomic E-state index is 0.540. The van der Waals surface area contributed by atoms with Crippen LogP contribution in [-0.4, -0.2) is 13.2 Å². The molecular weight excluding hydrogens is 258 g/mol. The van der Waals surface area contributed by atoms with Crippen LogP contribution in [0, 0.1) is 17.8 Å². The summed E-state index contributed by atoms with van der Waals surface area (Å²) >= 11 is 0. The highest BCUT2D eigenvalue weighted by Crippen LogP contribution is 2.57. The molecule has 2 fully saturated rings. The van der Waals surface area contributed by atoms with E-state index < -0.39 is 0 Å². The van der Waals surface area contributed by atoms with Crippen LogP contribution in [0.15, 0.2) is 24.3 Å². The van der Waals surface area contributed by atoms with Crippen LogP contribution >= 0.6 is 0 Å². The summed E-state index contributed by atoms with van der Waals surface area (Å²) in [6.45, 7) is 6.32. The molecule has 1 N–H and O–H groups in total. The van der Waals surface area contributed by atoms with Crippen molar-refractivity contribution >= 4 is 0 Å². The summed E-state index contributed by atoms with van der Waals surface area (Å²) in [5.74, 6) is 3.94. The summed E-state index contributed by atoms with van der Waals surface area (Å²) in [6.07, 6.45) is 6.63. The van der Waals surface area contributed by atoms with Crippen LogP contribution in [0.2, 0.25) is 0 Å². The van der Waals surface area contributed by atoms with Gasteiger partial charge in [-0.1, -0.05) is 26.0 Å². The first-order valence-corrected chi connectivity index (χ1v) is 8.78. The van der Waals surface area contributed by atoms with Gasteiger partial charge >= 0.3 is 0 Å². The number of hydrogen-bond donors (Lipinski definition) is 1. The Balaban J connectivity index is 1.66. The lowest BCUT2D eigenvalue weighted by atomic mass is 9.89. The molecule has 2 saturated carbocycles. The smallest absolute Gasteiger partial charge is 0.119 e. The Morgan fingerprint density at radius 1 is 1.05 bits per heavy atom. The molecule has 2 aliphatic carbocycles. The fourth-order valence-electron chi connectivity index (χ4n) is 3.88. The van der Waals surface area contributed by atoms with Gasteiger partial charge in [-0.05, 0) is 74.1 Å². The number of hydrogen-bond acceptors (Lipinski definition) is 2. The summed E-state index contributed by atoms with van der Waals surface area (Å²) in [7, 11) is 0. The molecule has 1 aromatic carbocycles. The van der Waals surface area contributed by atoms with E-state index in [0.717, 1.165) is 43.1 Å². The molecule has 0 aliphatic heterocycles. The third-order valence-corrected chi connectivity index (χ3v) is 5.08. The van der Waals surface area contributed by atoms with E-state index in [2.05, 4.69) is 43.4 Å². The normalized spacial score (nSPS) is 28.2. The molecule has 116 valence electrons. The third-order valence-electron chi connectivity index (χ3n) is 5.08. The molecule has 0 bridgehead atoms. The summed E-state index contributed by atoms with van der Waals surface area (Å²) in [6, 6.07) is 9.35. The topological polar surface area (TPSA) is 21.3 Å². The maximum atomic E-state index is 5.70. The van der Waals surface area contributed by atoms with E-state index in [1.807, 2.05) is 0 Å².